The standard InChI is InChI=1S/C16H27N3/c1-4-16(3,5-2)18-14-8-12-19(13-9-14)15-6-10-17-11-7-15/h6-7,10-11,14,18H,4-5,8-9,12-13H2,1-3H3. The Morgan fingerprint density at radius 1 is 1.21 bits per heavy atom. The van der Waals surface area contributed by atoms with Crippen LogP contribution in [0.3, 0.4) is 0 Å². The van der Waals surface area contributed by atoms with E-state index in [0.29, 0.717) is 11.6 Å². The van der Waals surface area contributed by atoms with E-state index < -0.39 is 0 Å². The fourth-order valence-corrected chi connectivity index (χ4v) is 2.78. The van der Waals surface area contributed by atoms with Gasteiger partial charge in [0.1, 0.15) is 0 Å². The molecule has 3 heteroatoms. The molecule has 1 aliphatic heterocycles. The van der Waals surface area contributed by atoms with Crippen molar-refractivity contribution in [3.05, 3.63) is 24.5 Å². The third-order valence-corrected chi connectivity index (χ3v) is 4.64. The first-order chi connectivity index (χ1) is 9.17. The Hall–Kier alpha value is -1.09. The van der Waals surface area contributed by atoms with Gasteiger partial charge in [0.05, 0.1) is 0 Å². The van der Waals surface area contributed by atoms with Crippen LogP contribution in [0.4, 0.5) is 5.69 Å². The minimum atomic E-state index is 0.309. The maximum absolute atomic E-state index is 4.09. The molecular weight excluding hydrogens is 234 g/mol. The highest BCUT2D eigenvalue weighted by atomic mass is 15.2. The number of aromatic nitrogens is 1. The number of nitrogens with one attached hydrogen (secondary N) is 1. The lowest BCUT2D eigenvalue weighted by Gasteiger charge is -2.39. The molecule has 3 nitrogen and oxygen atoms in total. The summed E-state index contributed by atoms with van der Waals surface area (Å²) in [6, 6.07) is 4.88. The average Bonchev–Trinajstić information content (AvgIpc) is 2.49. The topological polar surface area (TPSA) is 28.2 Å². The van der Waals surface area contributed by atoms with Crippen molar-refractivity contribution in [3.8, 4) is 0 Å². The van der Waals surface area contributed by atoms with E-state index in [0.717, 1.165) is 13.1 Å². The lowest BCUT2D eigenvalue weighted by molar-refractivity contribution is 0.263. The Kier molecular flexibility index (Phi) is 4.81. The van der Waals surface area contributed by atoms with E-state index in [1.165, 1.54) is 31.4 Å². The number of hydrogen-bond donors (Lipinski definition) is 1. The van der Waals surface area contributed by atoms with Crippen molar-refractivity contribution in [1.29, 1.82) is 0 Å². The zero-order valence-corrected chi connectivity index (χ0v) is 12.5. The molecule has 1 aromatic rings. The molecule has 1 aromatic heterocycles. The van der Waals surface area contributed by atoms with Gasteiger partial charge < -0.3 is 10.2 Å². The second-order valence-electron chi connectivity index (χ2n) is 5.88. The van der Waals surface area contributed by atoms with Crippen LogP contribution in [0.25, 0.3) is 0 Å². The molecule has 1 aliphatic rings. The summed E-state index contributed by atoms with van der Waals surface area (Å²) in [6.07, 6.45) is 8.63. The van der Waals surface area contributed by atoms with Gasteiger partial charge in [-0.1, -0.05) is 13.8 Å². The molecule has 1 N–H and O–H groups in total. The largest absolute Gasteiger partial charge is 0.371 e. The zero-order chi connectivity index (χ0) is 13.7. The van der Waals surface area contributed by atoms with Crippen molar-refractivity contribution in [1.82, 2.24) is 10.3 Å². The molecule has 0 aromatic carbocycles. The lowest BCUT2D eigenvalue weighted by Crippen LogP contribution is -2.51. The molecule has 106 valence electrons. The van der Waals surface area contributed by atoms with Gasteiger partial charge in [-0.3, -0.25) is 4.98 Å². The van der Waals surface area contributed by atoms with Crippen LogP contribution >= 0.6 is 0 Å². The Balaban J connectivity index is 1.86. The molecule has 0 radical (unpaired) electrons. The van der Waals surface area contributed by atoms with Crippen molar-refractivity contribution >= 4 is 5.69 Å². The molecule has 0 unspecified atom stereocenters. The van der Waals surface area contributed by atoms with Crippen molar-refractivity contribution in [2.75, 3.05) is 18.0 Å². The number of rotatable bonds is 5. The lowest BCUT2D eigenvalue weighted by atomic mass is 9.92. The smallest absolute Gasteiger partial charge is 0.0397 e. The highest BCUT2D eigenvalue weighted by Crippen LogP contribution is 2.22. The fraction of sp³-hybridized carbons (Fsp3) is 0.688. The fourth-order valence-electron chi connectivity index (χ4n) is 2.78. The SMILES string of the molecule is CCC(C)(CC)NC1CCN(c2ccncc2)CC1. The highest BCUT2D eigenvalue weighted by Gasteiger charge is 2.26. The van der Waals surface area contributed by atoms with E-state index >= 15 is 0 Å². The molecule has 1 fully saturated rings. The van der Waals surface area contributed by atoms with E-state index in [4.69, 9.17) is 0 Å². The molecule has 0 saturated carbocycles. The van der Waals surface area contributed by atoms with E-state index in [1.54, 1.807) is 0 Å². The quantitative estimate of drug-likeness (QED) is 0.882. The average molecular weight is 261 g/mol. The summed E-state index contributed by atoms with van der Waals surface area (Å²) in [7, 11) is 0. The monoisotopic (exact) mass is 261 g/mol. The number of piperidine rings is 1. The van der Waals surface area contributed by atoms with Crippen LogP contribution < -0.4 is 10.2 Å². The molecule has 0 aliphatic carbocycles. The summed E-state index contributed by atoms with van der Waals surface area (Å²) >= 11 is 0. The molecule has 0 atom stereocenters. The van der Waals surface area contributed by atoms with Gasteiger partial charge >= 0.3 is 0 Å². The van der Waals surface area contributed by atoms with Crippen molar-refractivity contribution < 1.29 is 0 Å². The van der Waals surface area contributed by atoms with Crippen LogP contribution in [0.5, 0.6) is 0 Å². The number of hydrogen-bond acceptors (Lipinski definition) is 3. The molecule has 2 heterocycles. The van der Waals surface area contributed by atoms with Gasteiger partial charge in [-0.2, -0.15) is 0 Å². The van der Waals surface area contributed by atoms with Crippen LogP contribution in [0.2, 0.25) is 0 Å². The minimum Gasteiger partial charge on any atom is -0.371 e. The first-order valence-electron chi connectivity index (χ1n) is 7.59. The van der Waals surface area contributed by atoms with Crippen molar-refractivity contribution in [3.63, 3.8) is 0 Å². The summed E-state index contributed by atoms with van der Waals surface area (Å²) in [5.41, 5.74) is 1.62. The summed E-state index contributed by atoms with van der Waals surface area (Å²) in [4.78, 5) is 6.55. The van der Waals surface area contributed by atoms with Gasteiger partial charge in [-0.25, -0.2) is 0 Å². The summed E-state index contributed by atoms with van der Waals surface area (Å²) in [5.74, 6) is 0. The van der Waals surface area contributed by atoms with Crippen molar-refractivity contribution in [2.24, 2.45) is 0 Å². The van der Waals surface area contributed by atoms with E-state index in [9.17, 15) is 0 Å². The number of nitrogens with zero attached hydrogens (tertiary/aromatic N) is 2. The second-order valence-corrected chi connectivity index (χ2v) is 5.88. The maximum Gasteiger partial charge on any atom is 0.0397 e. The van der Waals surface area contributed by atoms with Gasteiger partial charge in [0.25, 0.3) is 0 Å². The number of pyridine rings is 1. The predicted molar refractivity (Wildman–Crippen MR) is 81.6 cm³/mol. The Labute approximate surface area is 117 Å². The van der Waals surface area contributed by atoms with Gasteiger partial charge in [0.2, 0.25) is 0 Å². The predicted octanol–water partition coefficient (Wildman–Crippen LogP) is 3.22. The first kappa shape index (κ1) is 14.3. The van der Waals surface area contributed by atoms with Crippen LogP contribution in [-0.4, -0.2) is 29.7 Å². The summed E-state index contributed by atoms with van der Waals surface area (Å²) < 4.78 is 0. The second kappa shape index (κ2) is 6.38. The molecule has 1 saturated heterocycles. The third kappa shape index (κ3) is 3.69. The van der Waals surface area contributed by atoms with Crippen LogP contribution in [0, 0.1) is 0 Å². The van der Waals surface area contributed by atoms with Crippen LogP contribution in [0.15, 0.2) is 24.5 Å². The van der Waals surface area contributed by atoms with Crippen LogP contribution in [0.1, 0.15) is 46.5 Å². The van der Waals surface area contributed by atoms with Gasteiger partial charge in [0, 0.05) is 42.8 Å². The first-order valence-corrected chi connectivity index (χ1v) is 7.59. The number of anilines is 1. The van der Waals surface area contributed by atoms with Crippen LogP contribution in [-0.2, 0) is 0 Å². The Morgan fingerprint density at radius 2 is 1.79 bits per heavy atom. The zero-order valence-electron chi connectivity index (χ0n) is 12.5. The molecule has 0 bridgehead atoms. The van der Waals surface area contributed by atoms with Gasteiger partial charge in [-0.15, -0.1) is 0 Å². The summed E-state index contributed by atoms with van der Waals surface area (Å²) in [5, 5.41) is 3.86. The molecule has 0 spiro atoms. The van der Waals surface area contributed by atoms with E-state index in [1.807, 2.05) is 12.4 Å². The third-order valence-electron chi connectivity index (χ3n) is 4.64. The van der Waals surface area contributed by atoms with E-state index in [-0.39, 0.29) is 0 Å². The molecular formula is C16H27N3. The molecule has 2 rings (SSSR count). The highest BCUT2D eigenvalue weighted by molar-refractivity contribution is 5.44. The minimum absolute atomic E-state index is 0.309. The van der Waals surface area contributed by atoms with E-state index in [2.05, 4.69) is 48.1 Å². The van der Waals surface area contributed by atoms with Gasteiger partial charge in [0.15, 0.2) is 0 Å². The normalized spacial score (nSPS) is 17.7. The Morgan fingerprint density at radius 3 is 2.32 bits per heavy atom. The Bertz CT molecular complexity index is 365. The molecule has 0 amide bonds. The van der Waals surface area contributed by atoms with Gasteiger partial charge in [-0.05, 0) is 44.7 Å². The maximum atomic E-state index is 4.09. The molecule has 19 heavy (non-hydrogen) atoms. The summed E-state index contributed by atoms with van der Waals surface area (Å²) in [6.45, 7) is 9.20. The van der Waals surface area contributed by atoms with Crippen molar-refractivity contribution in [2.45, 2.75) is 58.0 Å².